The highest BCUT2D eigenvalue weighted by molar-refractivity contribution is 6.03. The first-order valence-electron chi connectivity index (χ1n) is 4.71. The molecule has 0 fully saturated rings. The SMILES string of the molecule is C=CC(=O)Oc1cccc2c1C(=O)CC2. The Morgan fingerprint density at radius 2 is 2.20 bits per heavy atom. The van der Waals surface area contributed by atoms with E-state index in [-0.39, 0.29) is 5.78 Å². The van der Waals surface area contributed by atoms with Gasteiger partial charge in [0.2, 0.25) is 0 Å². The Kier molecular flexibility index (Phi) is 2.37. The Balaban J connectivity index is 2.40. The van der Waals surface area contributed by atoms with Crippen molar-refractivity contribution in [3.63, 3.8) is 0 Å². The van der Waals surface area contributed by atoms with Gasteiger partial charge in [0.15, 0.2) is 5.78 Å². The number of carbonyl (C=O) groups is 2. The summed E-state index contributed by atoms with van der Waals surface area (Å²) in [6, 6.07) is 5.29. The zero-order valence-corrected chi connectivity index (χ0v) is 8.16. The van der Waals surface area contributed by atoms with Crippen LogP contribution in [0.2, 0.25) is 0 Å². The molecule has 0 bridgehead atoms. The summed E-state index contributed by atoms with van der Waals surface area (Å²) >= 11 is 0. The molecule has 1 aromatic carbocycles. The molecule has 0 unspecified atom stereocenters. The number of ether oxygens (including phenoxy) is 1. The lowest BCUT2D eigenvalue weighted by atomic mass is 10.1. The van der Waals surface area contributed by atoms with Crippen LogP contribution in [-0.4, -0.2) is 11.8 Å². The summed E-state index contributed by atoms with van der Waals surface area (Å²) in [5.74, 6) is -0.152. The second-order valence-corrected chi connectivity index (χ2v) is 3.34. The molecule has 0 spiro atoms. The van der Waals surface area contributed by atoms with Crippen molar-refractivity contribution in [1.82, 2.24) is 0 Å². The Labute approximate surface area is 87.4 Å². The second-order valence-electron chi connectivity index (χ2n) is 3.34. The summed E-state index contributed by atoms with van der Waals surface area (Å²) in [4.78, 5) is 22.6. The van der Waals surface area contributed by atoms with Crippen LogP contribution in [0.25, 0.3) is 0 Å². The van der Waals surface area contributed by atoms with Crippen LogP contribution in [0.5, 0.6) is 5.75 Å². The standard InChI is InChI=1S/C12H10O3/c1-2-11(14)15-10-5-3-4-8-6-7-9(13)12(8)10/h2-5H,1,6-7H2. The van der Waals surface area contributed by atoms with E-state index < -0.39 is 5.97 Å². The first-order chi connectivity index (χ1) is 7.22. The van der Waals surface area contributed by atoms with Crippen LogP contribution < -0.4 is 4.74 Å². The van der Waals surface area contributed by atoms with E-state index in [1.807, 2.05) is 6.07 Å². The van der Waals surface area contributed by atoms with Crippen molar-refractivity contribution in [2.45, 2.75) is 12.8 Å². The Hall–Kier alpha value is -1.90. The van der Waals surface area contributed by atoms with Crippen LogP contribution in [0.1, 0.15) is 22.3 Å². The predicted molar refractivity (Wildman–Crippen MR) is 54.9 cm³/mol. The number of esters is 1. The summed E-state index contributed by atoms with van der Waals surface area (Å²) < 4.78 is 5.00. The van der Waals surface area contributed by atoms with E-state index in [1.165, 1.54) is 0 Å². The van der Waals surface area contributed by atoms with Crippen LogP contribution in [0.4, 0.5) is 0 Å². The van der Waals surface area contributed by atoms with Gasteiger partial charge in [-0.25, -0.2) is 4.79 Å². The van der Waals surface area contributed by atoms with Crippen molar-refractivity contribution < 1.29 is 14.3 Å². The van der Waals surface area contributed by atoms with E-state index in [1.54, 1.807) is 12.1 Å². The Morgan fingerprint density at radius 1 is 1.40 bits per heavy atom. The number of benzene rings is 1. The molecule has 0 heterocycles. The van der Waals surface area contributed by atoms with Crippen molar-refractivity contribution in [2.75, 3.05) is 0 Å². The van der Waals surface area contributed by atoms with Gasteiger partial charge in [0.05, 0.1) is 5.56 Å². The molecular formula is C12H10O3. The normalized spacial score (nSPS) is 13.5. The van der Waals surface area contributed by atoms with Gasteiger partial charge < -0.3 is 4.74 Å². The van der Waals surface area contributed by atoms with Crippen LogP contribution >= 0.6 is 0 Å². The number of aryl methyl sites for hydroxylation is 1. The molecule has 76 valence electrons. The van der Waals surface area contributed by atoms with Gasteiger partial charge in [0.1, 0.15) is 5.75 Å². The van der Waals surface area contributed by atoms with Crippen molar-refractivity contribution in [3.05, 3.63) is 42.0 Å². The number of ketones is 1. The third-order valence-electron chi connectivity index (χ3n) is 2.39. The summed E-state index contributed by atoms with van der Waals surface area (Å²) in [7, 11) is 0. The highest BCUT2D eigenvalue weighted by atomic mass is 16.5. The number of Topliss-reactive ketones (excluding diaryl/α,β-unsaturated/α-hetero) is 1. The summed E-state index contributed by atoms with van der Waals surface area (Å²) in [6.07, 6.45) is 2.31. The van der Waals surface area contributed by atoms with Gasteiger partial charge in [-0.05, 0) is 18.1 Å². The van der Waals surface area contributed by atoms with E-state index in [4.69, 9.17) is 4.74 Å². The molecule has 0 N–H and O–H groups in total. The summed E-state index contributed by atoms with van der Waals surface area (Å²) in [6.45, 7) is 3.31. The molecule has 0 saturated heterocycles. The molecular weight excluding hydrogens is 192 g/mol. The third-order valence-corrected chi connectivity index (χ3v) is 2.39. The molecule has 1 aromatic rings. The second kappa shape index (κ2) is 3.69. The molecule has 0 aliphatic heterocycles. The zero-order chi connectivity index (χ0) is 10.8. The van der Waals surface area contributed by atoms with Gasteiger partial charge in [0, 0.05) is 12.5 Å². The topological polar surface area (TPSA) is 43.4 Å². The maximum Gasteiger partial charge on any atom is 0.335 e. The van der Waals surface area contributed by atoms with Crippen LogP contribution in [0, 0.1) is 0 Å². The van der Waals surface area contributed by atoms with E-state index in [2.05, 4.69) is 6.58 Å². The molecule has 1 aliphatic carbocycles. The highest BCUT2D eigenvalue weighted by Gasteiger charge is 2.24. The molecule has 2 rings (SSSR count). The number of fused-ring (bicyclic) bond motifs is 1. The minimum atomic E-state index is -0.539. The molecule has 0 amide bonds. The smallest absolute Gasteiger partial charge is 0.335 e. The van der Waals surface area contributed by atoms with Crippen molar-refractivity contribution in [3.8, 4) is 5.75 Å². The zero-order valence-electron chi connectivity index (χ0n) is 8.16. The van der Waals surface area contributed by atoms with Gasteiger partial charge in [-0.1, -0.05) is 18.7 Å². The highest BCUT2D eigenvalue weighted by Crippen LogP contribution is 2.30. The van der Waals surface area contributed by atoms with Crippen LogP contribution in [0.15, 0.2) is 30.9 Å². The number of rotatable bonds is 2. The van der Waals surface area contributed by atoms with Gasteiger partial charge >= 0.3 is 5.97 Å². The molecule has 0 saturated carbocycles. The fraction of sp³-hybridized carbons (Fsp3) is 0.167. The molecule has 1 aliphatic rings. The van der Waals surface area contributed by atoms with Gasteiger partial charge in [0.25, 0.3) is 0 Å². The van der Waals surface area contributed by atoms with Gasteiger partial charge in [-0.3, -0.25) is 4.79 Å². The lowest BCUT2D eigenvalue weighted by Gasteiger charge is -2.05. The molecule has 15 heavy (non-hydrogen) atoms. The largest absolute Gasteiger partial charge is 0.423 e. The average Bonchev–Trinajstić information content (AvgIpc) is 2.61. The molecule has 0 radical (unpaired) electrons. The lowest BCUT2D eigenvalue weighted by Crippen LogP contribution is -2.06. The Morgan fingerprint density at radius 3 is 2.93 bits per heavy atom. The number of carbonyl (C=O) groups excluding carboxylic acids is 2. The summed E-state index contributed by atoms with van der Waals surface area (Å²) in [5.41, 5.74) is 1.50. The monoisotopic (exact) mass is 202 g/mol. The van der Waals surface area contributed by atoms with Crippen molar-refractivity contribution in [2.24, 2.45) is 0 Å². The maximum atomic E-state index is 11.5. The van der Waals surface area contributed by atoms with Gasteiger partial charge in [-0.15, -0.1) is 0 Å². The van der Waals surface area contributed by atoms with Gasteiger partial charge in [-0.2, -0.15) is 0 Å². The molecule has 3 heteroatoms. The van der Waals surface area contributed by atoms with E-state index >= 15 is 0 Å². The van der Waals surface area contributed by atoms with E-state index in [0.29, 0.717) is 17.7 Å². The minimum Gasteiger partial charge on any atom is -0.423 e. The predicted octanol–water partition coefficient (Wildman–Crippen LogP) is 1.91. The lowest BCUT2D eigenvalue weighted by molar-refractivity contribution is -0.128. The fourth-order valence-electron chi connectivity index (χ4n) is 1.71. The number of hydrogen-bond donors (Lipinski definition) is 0. The molecule has 3 nitrogen and oxygen atoms in total. The van der Waals surface area contributed by atoms with Crippen molar-refractivity contribution in [1.29, 1.82) is 0 Å². The van der Waals surface area contributed by atoms with E-state index in [9.17, 15) is 9.59 Å². The van der Waals surface area contributed by atoms with Crippen LogP contribution in [0.3, 0.4) is 0 Å². The first-order valence-corrected chi connectivity index (χ1v) is 4.71. The first kappa shape index (κ1) is 9.65. The molecule has 0 atom stereocenters. The fourth-order valence-corrected chi connectivity index (χ4v) is 1.71. The quantitative estimate of drug-likeness (QED) is 0.418. The van der Waals surface area contributed by atoms with Crippen molar-refractivity contribution >= 4 is 11.8 Å². The average molecular weight is 202 g/mol. The third kappa shape index (κ3) is 1.68. The van der Waals surface area contributed by atoms with E-state index in [0.717, 1.165) is 18.1 Å². The molecule has 0 aromatic heterocycles. The minimum absolute atomic E-state index is 0.0393. The number of hydrogen-bond acceptors (Lipinski definition) is 3. The maximum absolute atomic E-state index is 11.5. The summed E-state index contributed by atoms with van der Waals surface area (Å²) in [5, 5.41) is 0. The Bertz CT molecular complexity index is 446. The van der Waals surface area contributed by atoms with Crippen LogP contribution in [-0.2, 0) is 11.2 Å².